The van der Waals surface area contributed by atoms with Gasteiger partial charge >= 0.3 is 0 Å². The third-order valence-electron chi connectivity index (χ3n) is 3.18. The first-order valence-corrected chi connectivity index (χ1v) is 5.38. The van der Waals surface area contributed by atoms with Crippen LogP contribution in [0.3, 0.4) is 0 Å². The van der Waals surface area contributed by atoms with Gasteiger partial charge in [-0.1, -0.05) is 0 Å². The molecule has 0 amide bonds. The van der Waals surface area contributed by atoms with Crippen LogP contribution in [-0.4, -0.2) is 37.0 Å². The molecule has 3 heteroatoms. The van der Waals surface area contributed by atoms with Crippen LogP contribution in [0.5, 0.6) is 0 Å². The second-order valence-electron chi connectivity index (χ2n) is 4.13. The quantitative estimate of drug-likeness (QED) is 0.626. The zero-order chi connectivity index (χ0) is 9.10. The van der Waals surface area contributed by atoms with Gasteiger partial charge in [0.05, 0.1) is 12.2 Å². The van der Waals surface area contributed by atoms with E-state index in [1.807, 2.05) is 0 Å². The van der Waals surface area contributed by atoms with E-state index in [-0.39, 0.29) is 12.2 Å². The van der Waals surface area contributed by atoms with Crippen molar-refractivity contribution in [1.82, 2.24) is 5.32 Å². The Morgan fingerprint density at radius 2 is 1.92 bits per heavy atom. The molecule has 0 aliphatic carbocycles. The summed E-state index contributed by atoms with van der Waals surface area (Å²) in [6.07, 6.45) is 4.16. The molecule has 2 saturated heterocycles. The molecular formula is C10H19NO2. The van der Waals surface area contributed by atoms with Gasteiger partial charge in [-0.2, -0.15) is 0 Å². The molecule has 0 bridgehead atoms. The van der Waals surface area contributed by atoms with Gasteiger partial charge in [-0.25, -0.2) is 0 Å². The summed E-state index contributed by atoms with van der Waals surface area (Å²) < 4.78 is 5.65. The molecule has 0 aromatic heterocycles. The summed E-state index contributed by atoms with van der Waals surface area (Å²) in [5.41, 5.74) is 0. The van der Waals surface area contributed by atoms with Crippen molar-refractivity contribution in [3.05, 3.63) is 0 Å². The molecule has 0 aromatic rings. The van der Waals surface area contributed by atoms with Gasteiger partial charge in [0.25, 0.3) is 0 Å². The normalized spacial score (nSPS) is 37.6. The molecule has 3 nitrogen and oxygen atoms in total. The van der Waals surface area contributed by atoms with Gasteiger partial charge in [0.2, 0.25) is 0 Å². The van der Waals surface area contributed by atoms with Crippen LogP contribution in [0.25, 0.3) is 0 Å². The Hall–Kier alpha value is -0.120. The monoisotopic (exact) mass is 185 g/mol. The van der Waals surface area contributed by atoms with Crippen LogP contribution in [0.4, 0.5) is 0 Å². The molecule has 0 aromatic carbocycles. The van der Waals surface area contributed by atoms with Gasteiger partial charge in [0.1, 0.15) is 0 Å². The van der Waals surface area contributed by atoms with E-state index in [4.69, 9.17) is 4.74 Å². The van der Waals surface area contributed by atoms with Crippen molar-refractivity contribution in [3.8, 4) is 0 Å². The van der Waals surface area contributed by atoms with Crippen molar-refractivity contribution in [3.63, 3.8) is 0 Å². The maximum atomic E-state index is 9.78. The predicted octanol–water partition coefficient (Wildman–Crippen LogP) is 0.526. The number of nitrogens with one attached hydrogen (secondary N) is 1. The fourth-order valence-electron chi connectivity index (χ4n) is 2.41. The molecule has 0 unspecified atom stereocenters. The van der Waals surface area contributed by atoms with Crippen molar-refractivity contribution in [2.24, 2.45) is 5.92 Å². The highest BCUT2D eigenvalue weighted by molar-refractivity contribution is 4.83. The second-order valence-corrected chi connectivity index (χ2v) is 4.13. The van der Waals surface area contributed by atoms with Gasteiger partial charge in [-0.15, -0.1) is 0 Å². The Kier molecular flexibility index (Phi) is 3.19. The van der Waals surface area contributed by atoms with Crippen LogP contribution in [-0.2, 0) is 4.74 Å². The van der Waals surface area contributed by atoms with Crippen LogP contribution in [0.2, 0.25) is 0 Å². The molecule has 2 heterocycles. The first-order valence-electron chi connectivity index (χ1n) is 5.38. The van der Waals surface area contributed by atoms with Gasteiger partial charge < -0.3 is 15.2 Å². The van der Waals surface area contributed by atoms with E-state index in [0.29, 0.717) is 5.92 Å². The maximum Gasteiger partial charge on any atom is 0.0862 e. The lowest BCUT2D eigenvalue weighted by Crippen LogP contribution is -2.44. The molecule has 2 N–H and O–H groups in total. The standard InChI is InChI=1S/C10H19NO2/c12-9-2-1-7-13-10(9)8-3-5-11-6-4-8/h8-12H,1-7H2/t9-,10-/m0/s1. The summed E-state index contributed by atoms with van der Waals surface area (Å²) in [6.45, 7) is 3.00. The van der Waals surface area contributed by atoms with E-state index in [9.17, 15) is 5.11 Å². The van der Waals surface area contributed by atoms with Crippen LogP contribution in [0.15, 0.2) is 0 Å². The lowest BCUT2D eigenvalue weighted by atomic mass is 9.86. The Balaban J connectivity index is 1.88. The van der Waals surface area contributed by atoms with Crippen molar-refractivity contribution < 1.29 is 9.84 Å². The molecular weight excluding hydrogens is 166 g/mol. The van der Waals surface area contributed by atoms with Crippen molar-refractivity contribution in [2.75, 3.05) is 19.7 Å². The topological polar surface area (TPSA) is 41.5 Å². The highest BCUT2D eigenvalue weighted by Gasteiger charge is 2.32. The molecule has 76 valence electrons. The maximum absolute atomic E-state index is 9.78. The SMILES string of the molecule is O[C@H]1CCCO[C@H]1C1CCNCC1. The summed E-state index contributed by atoms with van der Waals surface area (Å²) in [5.74, 6) is 0.580. The van der Waals surface area contributed by atoms with E-state index >= 15 is 0 Å². The Labute approximate surface area is 79.5 Å². The second kappa shape index (κ2) is 4.40. The highest BCUT2D eigenvalue weighted by Crippen LogP contribution is 2.26. The lowest BCUT2D eigenvalue weighted by Gasteiger charge is -2.36. The van der Waals surface area contributed by atoms with Crippen molar-refractivity contribution >= 4 is 0 Å². The summed E-state index contributed by atoms with van der Waals surface area (Å²) in [5, 5.41) is 13.1. The zero-order valence-corrected chi connectivity index (χ0v) is 8.04. The number of ether oxygens (including phenoxy) is 1. The van der Waals surface area contributed by atoms with Crippen molar-refractivity contribution in [1.29, 1.82) is 0 Å². The molecule has 2 aliphatic rings. The van der Waals surface area contributed by atoms with E-state index in [2.05, 4.69) is 5.32 Å². The van der Waals surface area contributed by atoms with Crippen LogP contribution >= 0.6 is 0 Å². The largest absolute Gasteiger partial charge is 0.390 e. The van der Waals surface area contributed by atoms with Gasteiger partial charge in [0, 0.05) is 6.61 Å². The Morgan fingerprint density at radius 3 is 2.62 bits per heavy atom. The number of rotatable bonds is 1. The summed E-state index contributed by atoms with van der Waals surface area (Å²) >= 11 is 0. The third-order valence-corrected chi connectivity index (χ3v) is 3.18. The molecule has 13 heavy (non-hydrogen) atoms. The fraction of sp³-hybridized carbons (Fsp3) is 1.00. The van der Waals surface area contributed by atoms with Gasteiger partial charge in [-0.3, -0.25) is 0 Å². The summed E-state index contributed by atoms with van der Waals surface area (Å²) in [7, 11) is 0. The van der Waals surface area contributed by atoms with E-state index in [1.165, 1.54) is 0 Å². The number of aliphatic hydroxyl groups excluding tert-OH is 1. The molecule has 2 rings (SSSR count). The first-order chi connectivity index (χ1) is 6.38. The van der Waals surface area contributed by atoms with Crippen LogP contribution in [0.1, 0.15) is 25.7 Å². The minimum Gasteiger partial charge on any atom is -0.390 e. The van der Waals surface area contributed by atoms with E-state index in [0.717, 1.165) is 45.4 Å². The van der Waals surface area contributed by atoms with E-state index in [1.54, 1.807) is 0 Å². The molecule has 2 fully saturated rings. The van der Waals surface area contributed by atoms with Gasteiger partial charge in [0.15, 0.2) is 0 Å². The summed E-state index contributed by atoms with van der Waals surface area (Å²) in [4.78, 5) is 0. The van der Waals surface area contributed by atoms with E-state index < -0.39 is 0 Å². The minimum absolute atomic E-state index is 0.121. The zero-order valence-electron chi connectivity index (χ0n) is 8.04. The number of hydrogen-bond donors (Lipinski definition) is 2. The molecule has 2 aliphatic heterocycles. The van der Waals surface area contributed by atoms with Crippen molar-refractivity contribution in [2.45, 2.75) is 37.9 Å². The lowest BCUT2D eigenvalue weighted by molar-refractivity contribution is -0.106. The predicted molar refractivity (Wildman–Crippen MR) is 50.6 cm³/mol. The summed E-state index contributed by atoms with van der Waals surface area (Å²) in [6, 6.07) is 0. The molecule has 0 spiro atoms. The van der Waals surface area contributed by atoms with Gasteiger partial charge in [-0.05, 0) is 44.7 Å². The Bertz CT molecular complexity index is 157. The molecule has 2 atom stereocenters. The third kappa shape index (κ3) is 2.22. The minimum atomic E-state index is -0.211. The Morgan fingerprint density at radius 1 is 1.15 bits per heavy atom. The molecule has 0 radical (unpaired) electrons. The van der Waals surface area contributed by atoms with Crippen LogP contribution < -0.4 is 5.32 Å². The average Bonchev–Trinajstić information content (AvgIpc) is 2.20. The molecule has 0 saturated carbocycles. The smallest absolute Gasteiger partial charge is 0.0862 e. The first kappa shape index (κ1) is 9.44. The highest BCUT2D eigenvalue weighted by atomic mass is 16.5. The van der Waals surface area contributed by atoms with Crippen LogP contribution in [0, 0.1) is 5.92 Å². The fourth-order valence-corrected chi connectivity index (χ4v) is 2.41. The average molecular weight is 185 g/mol. The number of hydrogen-bond acceptors (Lipinski definition) is 3. The number of aliphatic hydroxyl groups is 1. The number of piperidine rings is 1.